The maximum atomic E-state index is 13.0. The highest BCUT2D eigenvalue weighted by Gasteiger charge is 2.20. The van der Waals surface area contributed by atoms with E-state index in [9.17, 15) is 9.59 Å². The average molecular weight is 392 g/mol. The van der Waals surface area contributed by atoms with Gasteiger partial charge in [0.05, 0.1) is 11.4 Å². The van der Waals surface area contributed by atoms with Crippen LogP contribution in [0.5, 0.6) is 0 Å². The van der Waals surface area contributed by atoms with Crippen LogP contribution in [-0.2, 0) is 11.3 Å². The molecule has 0 saturated carbocycles. The SMILES string of the molecule is O=C(Nc1ccccc1N1CCCCCC1)c1cccc(CN2CCCC2=O)c1. The molecule has 2 aromatic rings. The van der Waals surface area contributed by atoms with Crippen LogP contribution in [0.4, 0.5) is 11.4 Å². The number of hydrogen-bond donors (Lipinski definition) is 1. The van der Waals surface area contributed by atoms with E-state index in [2.05, 4.69) is 16.3 Å². The number of amides is 2. The molecule has 2 amide bonds. The van der Waals surface area contributed by atoms with Crippen LogP contribution in [0.25, 0.3) is 0 Å². The first-order chi connectivity index (χ1) is 14.2. The molecule has 0 atom stereocenters. The molecule has 0 aromatic heterocycles. The average Bonchev–Trinajstić information content (AvgIpc) is 2.97. The first kappa shape index (κ1) is 19.5. The van der Waals surface area contributed by atoms with Crippen molar-refractivity contribution in [3.8, 4) is 0 Å². The minimum absolute atomic E-state index is 0.109. The van der Waals surface area contributed by atoms with Gasteiger partial charge >= 0.3 is 0 Å². The zero-order chi connectivity index (χ0) is 20.1. The Morgan fingerprint density at radius 3 is 2.45 bits per heavy atom. The van der Waals surface area contributed by atoms with Crippen LogP contribution in [0.1, 0.15) is 54.4 Å². The number of para-hydroxylation sites is 2. The fourth-order valence-corrected chi connectivity index (χ4v) is 4.26. The Morgan fingerprint density at radius 1 is 0.897 bits per heavy atom. The molecule has 1 N–H and O–H groups in total. The van der Waals surface area contributed by atoms with Crippen molar-refractivity contribution in [1.29, 1.82) is 0 Å². The topological polar surface area (TPSA) is 52.7 Å². The molecule has 0 aliphatic carbocycles. The minimum Gasteiger partial charge on any atom is -0.370 e. The molecule has 5 heteroatoms. The van der Waals surface area contributed by atoms with Gasteiger partial charge in [0.1, 0.15) is 0 Å². The second kappa shape index (κ2) is 9.12. The van der Waals surface area contributed by atoms with E-state index in [1.165, 1.54) is 25.7 Å². The summed E-state index contributed by atoms with van der Waals surface area (Å²) in [5, 5.41) is 3.11. The van der Waals surface area contributed by atoms with E-state index in [0.717, 1.165) is 43.0 Å². The summed E-state index contributed by atoms with van der Waals surface area (Å²) in [6.07, 6.45) is 6.49. The summed E-state index contributed by atoms with van der Waals surface area (Å²) in [6.45, 7) is 3.45. The Hall–Kier alpha value is -2.82. The van der Waals surface area contributed by atoms with E-state index in [-0.39, 0.29) is 11.8 Å². The predicted molar refractivity (Wildman–Crippen MR) is 116 cm³/mol. The molecule has 2 heterocycles. The standard InChI is InChI=1S/C24H29N3O2/c28-23-13-8-16-27(23)18-19-9-7-10-20(17-19)24(29)25-21-11-3-4-12-22(21)26-14-5-1-2-6-15-26/h3-4,7,9-12,17H,1-2,5-6,8,13-16,18H2,(H,25,29). The van der Waals surface area contributed by atoms with E-state index >= 15 is 0 Å². The first-order valence-corrected chi connectivity index (χ1v) is 10.7. The number of rotatable bonds is 5. The summed E-state index contributed by atoms with van der Waals surface area (Å²) in [7, 11) is 0. The summed E-state index contributed by atoms with van der Waals surface area (Å²) in [4.78, 5) is 29.1. The van der Waals surface area contributed by atoms with Gasteiger partial charge in [-0.2, -0.15) is 0 Å². The van der Waals surface area contributed by atoms with Crippen LogP contribution >= 0.6 is 0 Å². The molecule has 0 spiro atoms. The Balaban J connectivity index is 1.48. The molecule has 2 aromatic carbocycles. The van der Waals surface area contributed by atoms with Crippen LogP contribution in [0, 0.1) is 0 Å². The lowest BCUT2D eigenvalue weighted by Crippen LogP contribution is -2.26. The highest BCUT2D eigenvalue weighted by Crippen LogP contribution is 2.28. The van der Waals surface area contributed by atoms with Crippen molar-refractivity contribution in [2.45, 2.75) is 45.1 Å². The predicted octanol–water partition coefficient (Wildman–Crippen LogP) is 4.44. The van der Waals surface area contributed by atoms with Gasteiger partial charge in [-0.3, -0.25) is 9.59 Å². The number of benzene rings is 2. The van der Waals surface area contributed by atoms with Gasteiger partial charge in [-0.1, -0.05) is 37.1 Å². The summed E-state index contributed by atoms with van der Waals surface area (Å²) in [5.41, 5.74) is 3.58. The van der Waals surface area contributed by atoms with Crippen molar-refractivity contribution in [1.82, 2.24) is 4.90 Å². The lowest BCUT2D eigenvalue weighted by molar-refractivity contribution is -0.128. The van der Waals surface area contributed by atoms with E-state index in [4.69, 9.17) is 0 Å². The van der Waals surface area contributed by atoms with Gasteiger partial charge in [-0.15, -0.1) is 0 Å². The van der Waals surface area contributed by atoms with E-state index < -0.39 is 0 Å². The van der Waals surface area contributed by atoms with Crippen molar-refractivity contribution < 1.29 is 9.59 Å². The molecular weight excluding hydrogens is 362 g/mol. The molecule has 4 rings (SSSR count). The molecule has 29 heavy (non-hydrogen) atoms. The molecule has 2 fully saturated rings. The van der Waals surface area contributed by atoms with Crippen molar-refractivity contribution >= 4 is 23.2 Å². The maximum absolute atomic E-state index is 13.0. The number of nitrogens with zero attached hydrogens (tertiary/aromatic N) is 2. The number of carbonyl (C=O) groups excluding carboxylic acids is 2. The molecule has 2 aliphatic rings. The quantitative estimate of drug-likeness (QED) is 0.820. The van der Waals surface area contributed by atoms with Crippen LogP contribution in [-0.4, -0.2) is 36.3 Å². The summed E-state index contributed by atoms with van der Waals surface area (Å²) >= 11 is 0. The largest absolute Gasteiger partial charge is 0.370 e. The highest BCUT2D eigenvalue weighted by atomic mass is 16.2. The van der Waals surface area contributed by atoms with Crippen LogP contribution in [0.2, 0.25) is 0 Å². The van der Waals surface area contributed by atoms with Gasteiger partial charge in [0.15, 0.2) is 0 Å². The van der Waals surface area contributed by atoms with E-state index in [1.807, 2.05) is 47.4 Å². The summed E-state index contributed by atoms with van der Waals surface area (Å²) < 4.78 is 0. The lowest BCUT2D eigenvalue weighted by atomic mass is 10.1. The van der Waals surface area contributed by atoms with Crippen molar-refractivity contribution in [2.24, 2.45) is 0 Å². The normalized spacial score (nSPS) is 17.3. The third kappa shape index (κ3) is 4.78. The Kier molecular flexibility index (Phi) is 6.13. The van der Waals surface area contributed by atoms with Gasteiger partial charge in [-0.25, -0.2) is 0 Å². The smallest absolute Gasteiger partial charge is 0.255 e. The number of anilines is 2. The van der Waals surface area contributed by atoms with Crippen LogP contribution in [0.3, 0.4) is 0 Å². The molecule has 2 aliphatic heterocycles. The molecule has 0 unspecified atom stereocenters. The molecule has 2 saturated heterocycles. The van der Waals surface area contributed by atoms with Gasteiger partial charge in [-0.05, 0) is 49.1 Å². The van der Waals surface area contributed by atoms with Crippen molar-refractivity contribution in [3.63, 3.8) is 0 Å². The fraction of sp³-hybridized carbons (Fsp3) is 0.417. The number of nitrogens with one attached hydrogen (secondary N) is 1. The third-order valence-corrected chi connectivity index (χ3v) is 5.83. The second-order valence-corrected chi connectivity index (χ2v) is 7.99. The Morgan fingerprint density at radius 2 is 1.69 bits per heavy atom. The number of carbonyl (C=O) groups is 2. The van der Waals surface area contributed by atoms with Gasteiger partial charge in [0.25, 0.3) is 5.91 Å². The fourth-order valence-electron chi connectivity index (χ4n) is 4.26. The van der Waals surface area contributed by atoms with E-state index in [1.54, 1.807) is 0 Å². The van der Waals surface area contributed by atoms with Crippen LogP contribution in [0.15, 0.2) is 48.5 Å². The summed E-state index contributed by atoms with van der Waals surface area (Å²) in [6, 6.07) is 15.7. The molecule has 0 radical (unpaired) electrons. The minimum atomic E-state index is -0.109. The molecular formula is C24H29N3O2. The molecule has 0 bridgehead atoms. The van der Waals surface area contributed by atoms with Gasteiger partial charge in [0, 0.05) is 38.2 Å². The highest BCUT2D eigenvalue weighted by molar-refractivity contribution is 6.06. The van der Waals surface area contributed by atoms with Gasteiger partial charge in [0.2, 0.25) is 5.91 Å². The summed E-state index contributed by atoms with van der Waals surface area (Å²) in [5.74, 6) is 0.0908. The zero-order valence-electron chi connectivity index (χ0n) is 16.9. The number of hydrogen-bond acceptors (Lipinski definition) is 3. The Bertz CT molecular complexity index is 872. The first-order valence-electron chi connectivity index (χ1n) is 10.7. The third-order valence-electron chi connectivity index (χ3n) is 5.83. The maximum Gasteiger partial charge on any atom is 0.255 e. The van der Waals surface area contributed by atoms with Crippen molar-refractivity contribution in [3.05, 3.63) is 59.7 Å². The molecule has 152 valence electrons. The zero-order valence-corrected chi connectivity index (χ0v) is 16.9. The lowest BCUT2D eigenvalue weighted by Gasteiger charge is -2.25. The van der Waals surface area contributed by atoms with Gasteiger partial charge < -0.3 is 15.1 Å². The van der Waals surface area contributed by atoms with Crippen molar-refractivity contribution in [2.75, 3.05) is 29.9 Å². The molecule has 5 nitrogen and oxygen atoms in total. The van der Waals surface area contributed by atoms with E-state index in [0.29, 0.717) is 18.5 Å². The van der Waals surface area contributed by atoms with Crippen LogP contribution < -0.4 is 10.2 Å². The second-order valence-electron chi connectivity index (χ2n) is 7.99. The monoisotopic (exact) mass is 391 g/mol. The Labute approximate surface area is 172 Å². The number of likely N-dealkylation sites (tertiary alicyclic amines) is 1.